The first-order valence-corrected chi connectivity index (χ1v) is 14.9. The fourth-order valence-electron chi connectivity index (χ4n) is 6.36. The van der Waals surface area contributed by atoms with Gasteiger partial charge in [-0.05, 0) is 34.4 Å². The summed E-state index contributed by atoms with van der Waals surface area (Å²) in [5.41, 5.74) is 8.96. The largest absolute Gasteiger partial charge is 0.247 e. The predicted octanol–water partition coefficient (Wildman–Crippen LogP) is 10.6. The monoisotopic (exact) mass is 559 g/mol. The molecule has 0 atom stereocenters. The van der Waals surface area contributed by atoms with Crippen molar-refractivity contribution >= 4 is 54.3 Å². The molecule has 0 bridgehead atoms. The average Bonchev–Trinajstić information content (AvgIpc) is 3.10. The van der Waals surface area contributed by atoms with Crippen LogP contribution in [0.4, 0.5) is 0 Å². The van der Waals surface area contributed by atoms with Crippen molar-refractivity contribution in [2.24, 2.45) is 0 Å². The van der Waals surface area contributed by atoms with Gasteiger partial charge in [-0.25, -0.2) is 15.0 Å². The number of hydrogen-bond donors (Lipinski definition) is 0. The molecule has 0 fully saturated rings. The Hall–Kier alpha value is -5.93. The van der Waals surface area contributed by atoms with E-state index in [1.165, 1.54) is 21.5 Å². The van der Waals surface area contributed by atoms with Gasteiger partial charge in [0.25, 0.3) is 0 Å². The molecule has 204 valence electrons. The second kappa shape index (κ2) is 9.82. The lowest BCUT2D eigenvalue weighted by atomic mass is 10.0. The van der Waals surface area contributed by atoms with Crippen LogP contribution < -0.4 is 0 Å². The van der Waals surface area contributed by atoms with Crippen molar-refractivity contribution in [2.75, 3.05) is 0 Å². The molecule has 9 rings (SSSR count). The van der Waals surface area contributed by atoms with Gasteiger partial charge in [-0.15, -0.1) is 0 Å². The quantitative estimate of drug-likeness (QED) is 0.202. The molecule has 3 heterocycles. The van der Waals surface area contributed by atoms with E-state index < -0.39 is 0 Å². The molecular formula is C41H25N3. The molecule has 3 heteroatoms. The maximum atomic E-state index is 5.19. The van der Waals surface area contributed by atoms with Crippen LogP contribution in [-0.4, -0.2) is 15.0 Å². The molecule has 0 spiro atoms. The Morgan fingerprint density at radius 2 is 0.705 bits per heavy atom. The maximum absolute atomic E-state index is 5.19. The van der Waals surface area contributed by atoms with E-state index >= 15 is 0 Å². The third-order valence-corrected chi connectivity index (χ3v) is 8.65. The summed E-state index contributed by atoms with van der Waals surface area (Å²) in [6, 6.07) is 53.2. The van der Waals surface area contributed by atoms with Gasteiger partial charge in [0, 0.05) is 38.2 Å². The number of aromatic nitrogens is 3. The normalized spacial score (nSPS) is 11.6. The number of benzene rings is 6. The molecule has 0 aliphatic carbocycles. The lowest BCUT2D eigenvalue weighted by molar-refractivity contribution is 1.36. The summed E-state index contributed by atoms with van der Waals surface area (Å²) in [4.78, 5) is 15.4. The fourth-order valence-corrected chi connectivity index (χ4v) is 6.36. The van der Waals surface area contributed by atoms with Crippen molar-refractivity contribution in [3.8, 4) is 33.8 Å². The predicted molar refractivity (Wildman–Crippen MR) is 184 cm³/mol. The average molecular weight is 560 g/mol. The number of fused-ring (bicyclic) bond motifs is 7. The van der Waals surface area contributed by atoms with Gasteiger partial charge >= 0.3 is 0 Å². The van der Waals surface area contributed by atoms with Crippen molar-refractivity contribution in [1.82, 2.24) is 15.0 Å². The number of nitrogens with zero attached hydrogens (tertiary/aromatic N) is 3. The Kier molecular flexibility index (Phi) is 5.50. The van der Waals surface area contributed by atoms with Crippen molar-refractivity contribution in [2.45, 2.75) is 0 Å². The summed E-state index contributed by atoms with van der Waals surface area (Å²) >= 11 is 0. The second-order valence-electron chi connectivity index (χ2n) is 11.3. The molecule has 0 amide bonds. The Morgan fingerprint density at radius 1 is 0.273 bits per heavy atom. The molecule has 0 aliphatic rings. The van der Waals surface area contributed by atoms with Gasteiger partial charge in [0.05, 0.1) is 33.6 Å². The van der Waals surface area contributed by atoms with Gasteiger partial charge in [0.15, 0.2) is 0 Å². The summed E-state index contributed by atoms with van der Waals surface area (Å²) in [7, 11) is 0. The molecular weight excluding hydrogens is 534 g/mol. The minimum atomic E-state index is 0.911. The van der Waals surface area contributed by atoms with Gasteiger partial charge in [0.1, 0.15) is 0 Å². The molecule has 0 radical (unpaired) electrons. The SMILES string of the molecule is c1ccc2c(-c3ccc4ccc5ccc(-c6ccc(-c7ccc8ccc9ccccc9c8n7)cc6)nc5c4n3)cccc2c1. The molecule has 44 heavy (non-hydrogen) atoms. The van der Waals surface area contributed by atoms with Gasteiger partial charge in [0.2, 0.25) is 0 Å². The molecule has 9 aromatic rings. The van der Waals surface area contributed by atoms with Crippen LogP contribution in [0.15, 0.2) is 152 Å². The van der Waals surface area contributed by atoms with Crippen molar-refractivity contribution in [1.29, 1.82) is 0 Å². The van der Waals surface area contributed by atoms with Crippen molar-refractivity contribution in [3.05, 3.63) is 152 Å². The molecule has 0 N–H and O–H groups in total. The van der Waals surface area contributed by atoms with Gasteiger partial charge in [-0.1, -0.05) is 133 Å². The van der Waals surface area contributed by atoms with E-state index in [0.717, 1.165) is 66.5 Å². The number of rotatable bonds is 3. The third kappa shape index (κ3) is 4.02. The van der Waals surface area contributed by atoms with Gasteiger partial charge in [-0.3, -0.25) is 0 Å². The minimum Gasteiger partial charge on any atom is -0.247 e. The number of hydrogen-bond acceptors (Lipinski definition) is 3. The lowest BCUT2D eigenvalue weighted by Gasteiger charge is -2.10. The van der Waals surface area contributed by atoms with E-state index in [-0.39, 0.29) is 0 Å². The highest BCUT2D eigenvalue weighted by Crippen LogP contribution is 2.33. The van der Waals surface area contributed by atoms with Crippen LogP contribution in [0.1, 0.15) is 0 Å². The van der Waals surface area contributed by atoms with Gasteiger partial charge in [-0.2, -0.15) is 0 Å². The molecule has 3 aromatic heterocycles. The van der Waals surface area contributed by atoms with Crippen LogP contribution in [0.5, 0.6) is 0 Å². The van der Waals surface area contributed by atoms with Crippen LogP contribution in [0.2, 0.25) is 0 Å². The highest BCUT2D eigenvalue weighted by Gasteiger charge is 2.11. The minimum absolute atomic E-state index is 0.911. The Morgan fingerprint density at radius 3 is 1.36 bits per heavy atom. The smallest absolute Gasteiger partial charge is 0.0972 e. The summed E-state index contributed by atoms with van der Waals surface area (Å²) < 4.78 is 0. The van der Waals surface area contributed by atoms with Crippen molar-refractivity contribution in [3.63, 3.8) is 0 Å². The standard InChI is InChI=1S/C41H25N3/c1-3-9-33-26(6-1)8-5-11-35(33)38-25-22-32-19-18-31-21-24-37(43-40(31)41(32)44-38)29-15-13-28(14-16-29)36-23-20-30-17-12-27-7-2-4-10-34(27)39(30)42-36/h1-25H. The Bertz CT molecular complexity index is 2540. The maximum Gasteiger partial charge on any atom is 0.0972 e. The third-order valence-electron chi connectivity index (χ3n) is 8.65. The lowest BCUT2D eigenvalue weighted by Crippen LogP contribution is -1.92. The summed E-state index contributed by atoms with van der Waals surface area (Å²) in [5, 5.41) is 8.09. The first kappa shape index (κ1) is 24.6. The van der Waals surface area contributed by atoms with Crippen LogP contribution in [0.3, 0.4) is 0 Å². The topological polar surface area (TPSA) is 38.7 Å². The zero-order valence-corrected chi connectivity index (χ0v) is 23.8. The first-order valence-electron chi connectivity index (χ1n) is 14.9. The summed E-state index contributed by atoms with van der Waals surface area (Å²) in [6.07, 6.45) is 0. The second-order valence-corrected chi connectivity index (χ2v) is 11.3. The van der Waals surface area contributed by atoms with Crippen molar-refractivity contribution < 1.29 is 0 Å². The Labute approximate surface area is 254 Å². The van der Waals surface area contributed by atoms with E-state index in [1.807, 2.05) is 0 Å². The zero-order valence-electron chi connectivity index (χ0n) is 23.8. The molecule has 6 aromatic carbocycles. The zero-order chi connectivity index (χ0) is 29.0. The summed E-state index contributed by atoms with van der Waals surface area (Å²) in [6.45, 7) is 0. The Balaban J connectivity index is 1.12. The van der Waals surface area contributed by atoms with E-state index in [9.17, 15) is 0 Å². The molecule has 0 unspecified atom stereocenters. The first-order chi connectivity index (χ1) is 21.8. The van der Waals surface area contributed by atoms with Gasteiger partial charge < -0.3 is 0 Å². The van der Waals surface area contributed by atoms with E-state index in [0.29, 0.717) is 0 Å². The highest BCUT2D eigenvalue weighted by atomic mass is 14.8. The molecule has 0 aliphatic heterocycles. The molecule has 0 saturated carbocycles. The van der Waals surface area contributed by atoms with E-state index in [1.54, 1.807) is 0 Å². The number of pyridine rings is 3. The highest BCUT2D eigenvalue weighted by molar-refractivity contribution is 6.06. The molecule has 0 saturated heterocycles. The van der Waals surface area contributed by atoms with E-state index in [4.69, 9.17) is 15.0 Å². The van der Waals surface area contributed by atoms with Crippen LogP contribution in [-0.2, 0) is 0 Å². The van der Waals surface area contributed by atoms with Crippen LogP contribution in [0.25, 0.3) is 88.0 Å². The molecule has 3 nitrogen and oxygen atoms in total. The summed E-state index contributed by atoms with van der Waals surface area (Å²) in [5.74, 6) is 0. The van der Waals surface area contributed by atoms with Crippen LogP contribution in [0, 0.1) is 0 Å². The fraction of sp³-hybridized carbons (Fsp3) is 0. The van der Waals surface area contributed by atoms with E-state index in [2.05, 4.69) is 152 Å². The van der Waals surface area contributed by atoms with Crippen LogP contribution >= 0.6 is 0 Å².